The number of sulfonamides is 1. The lowest BCUT2D eigenvalue weighted by Gasteiger charge is -2.10. The van der Waals surface area contributed by atoms with E-state index in [1.807, 2.05) is 12.1 Å². The number of nitrogens with one attached hydrogen (secondary N) is 1. The zero-order valence-electron chi connectivity index (χ0n) is 14.7. The molecule has 0 spiro atoms. The lowest BCUT2D eigenvalue weighted by atomic mass is 10.1. The second-order valence-corrected chi connectivity index (χ2v) is 7.75. The maximum atomic E-state index is 12.8. The summed E-state index contributed by atoms with van der Waals surface area (Å²) in [5.74, 6) is 0. The average molecular weight is 390 g/mol. The molecule has 3 heterocycles. The number of anilines is 1. The molecule has 138 valence electrons. The minimum atomic E-state index is -3.83. The second-order valence-electron chi connectivity index (χ2n) is 6.07. The smallest absolute Gasteiger partial charge is 0.263 e. The molecular weight excluding hydrogens is 376 g/mol. The molecule has 0 saturated carbocycles. The molecular formula is C19H14N6O2S. The van der Waals surface area contributed by atoms with Crippen molar-refractivity contribution in [3.63, 3.8) is 0 Å². The van der Waals surface area contributed by atoms with Crippen molar-refractivity contribution in [2.45, 2.75) is 4.90 Å². The fourth-order valence-corrected chi connectivity index (χ4v) is 3.88. The molecule has 0 aliphatic rings. The second kappa shape index (κ2) is 6.75. The maximum absolute atomic E-state index is 12.8. The molecule has 0 bridgehead atoms. The molecule has 0 saturated heterocycles. The molecule has 28 heavy (non-hydrogen) atoms. The van der Waals surface area contributed by atoms with Gasteiger partial charge in [0.1, 0.15) is 11.0 Å². The van der Waals surface area contributed by atoms with Gasteiger partial charge in [0, 0.05) is 36.6 Å². The van der Waals surface area contributed by atoms with E-state index in [0.717, 1.165) is 5.39 Å². The number of benzene rings is 1. The van der Waals surface area contributed by atoms with Crippen molar-refractivity contribution in [1.82, 2.24) is 19.7 Å². The average Bonchev–Trinajstić information content (AvgIpc) is 3.10. The fraction of sp³-hybridized carbons (Fsp3) is 0.0526. The van der Waals surface area contributed by atoms with E-state index in [1.54, 1.807) is 48.4 Å². The molecule has 4 aromatic rings. The van der Waals surface area contributed by atoms with E-state index in [4.69, 9.17) is 5.26 Å². The van der Waals surface area contributed by atoms with Crippen LogP contribution in [0, 0.1) is 11.3 Å². The number of nitriles is 1. The Kier molecular flexibility index (Phi) is 4.25. The van der Waals surface area contributed by atoms with Gasteiger partial charge in [0.05, 0.1) is 28.7 Å². The normalized spacial score (nSPS) is 11.3. The number of pyridine rings is 2. The molecule has 0 atom stereocenters. The van der Waals surface area contributed by atoms with Crippen molar-refractivity contribution in [1.29, 1.82) is 5.26 Å². The van der Waals surface area contributed by atoms with Crippen molar-refractivity contribution in [2.75, 3.05) is 4.72 Å². The monoisotopic (exact) mass is 390 g/mol. The zero-order valence-corrected chi connectivity index (χ0v) is 15.6. The third kappa shape index (κ3) is 3.17. The van der Waals surface area contributed by atoms with Gasteiger partial charge in [0.25, 0.3) is 10.0 Å². The maximum Gasteiger partial charge on any atom is 0.263 e. The Hall–Kier alpha value is -3.77. The van der Waals surface area contributed by atoms with Gasteiger partial charge in [-0.1, -0.05) is 12.1 Å². The number of hydrogen-bond donors (Lipinski definition) is 1. The van der Waals surface area contributed by atoms with Crippen LogP contribution in [0.1, 0.15) is 5.56 Å². The summed E-state index contributed by atoms with van der Waals surface area (Å²) in [4.78, 5) is 8.23. The highest BCUT2D eigenvalue weighted by atomic mass is 32.2. The van der Waals surface area contributed by atoms with Crippen LogP contribution in [0.2, 0.25) is 0 Å². The van der Waals surface area contributed by atoms with Crippen LogP contribution in [0.15, 0.2) is 66.1 Å². The van der Waals surface area contributed by atoms with Crippen molar-refractivity contribution in [3.8, 4) is 17.3 Å². The summed E-state index contributed by atoms with van der Waals surface area (Å²) >= 11 is 0. The van der Waals surface area contributed by atoms with Gasteiger partial charge in [-0.3, -0.25) is 19.4 Å². The van der Waals surface area contributed by atoms with E-state index in [1.165, 1.54) is 18.5 Å². The van der Waals surface area contributed by atoms with Gasteiger partial charge in [-0.2, -0.15) is 10.4 Å². The summed E-state index contributed by atoms with van der Waals surface area (Å²) in [5, 5.41) is 14.0. The quantitative estimate of drug-likeness (QED) is 0.573. The van der Waals surface area contributed by atoms with Gasteiger partial charge >= 0.3 is 0 Å². The summed E-state index contributed by atoms with van der Waals surface area (Å²) in [7, 11) is -2.08. The van der Waals surface area contributed by atoms with Gasteiger partial charge in [-0.15, -0.1) is 0 Å². The fourth-order valence-electron chi connectivity index (χ4n) is 2.87. The molecule has 0 unspecified atom stereocenters. The largest absolute Gasteiger partial charge is 0.277 e. The van der Waals surface area contributed by atoms with Crippen LogP contribution >= 0.6 is 0 Å². The Bertz CT molecular complexity index is 1320. The highest BCUT2D eigenvalue weighted by molar-refractivity contribution is 7.92. The molecule has 9 heteroatoms. The number of rotatable bonds is 4. The van der Waals surface area contributed by atoms with Crippen LogP contribution in [-0.2, 0) is 17.1 Å². The Morgan fingerprint density at radius 1 is 1.11 bits per heavy atom. The SMILES string of the molecule is Cn1ncc2cccc(NS(=O)(=O)c3ccc(-c4cncc(C#N)c4)nc3)c21. The van der Waals surface area contributed by atoms with Gasteiger partial charge in [0.15, 0.2) is 0 Å². The Balaban J connectivity index is 1.66. The van der Waals surface area contributed by atoms with E-state index >= 15 is 0 Å². The van der Waals surface area contributed by atoms with Crippen LogP contribution in [0.3, 0.4) is 0 Å². The lowest BCUT2D eigenvalue weighted by molar-refractivity contribution is 0.601. The van der Waals surface area contributed by atoms with E-state index < -0.39 is 10.0 Å². The van der Waals surface area contributed by atoms with E-state index in [-0.39, 0.29) is 4.90 Å². The standard InChI is InChI=1S/C19H14N6O2S/c1-25-19-14(11-23-25)3-2-4-18(19)24-28(26,27)16-5-6-17(22-12-16)15-7-13(8-20)9-21-10-15/h2-7,9-12,24H,1H3. The number of fused-ring (bicyclic) bond motifs is 1. The third-order valence-corrected chi connectivity index (χ3v) is 5.57. The zero-order chi connectivity index (χ0) is 19.7. The first-order valence-electron chi connectivity index (χ1n) is 8.23. The lowest BCUT2D eigenvalue weighted by Crippen LogP contribution is -2.14. The predicted molar refractivity (Wildman–Crippen MR) is 104 cm³/mol. The first kappa shape index (κ1) is 17.6. The van der Waals surface area contributed by atoms with Crippen LogP contribution < -0.4 is 4.72 Å². The van der Waals surface area contributed by atoms with E-state index in [2.05, 4.69) is 19.8 Å². The van der Waals surface area contributed by atoms with Gasteiger partial charge < -0.3 is 0 Å². The molecule has 1 N–H and O–H groups in total. The highest BCUT2D eigenvalue weighted by Gasteiger charge is 2.17. The first-order chi connectivity index (χ1) is 13.5. The number of nitrogens with zero attached hydrogens (tertiary/aromatic N) is 5. The number of hydrogen-bond acceptors (Lipinski definition) is 6. The molecule has 0 fully saturated rings. The Morgan fingerprint density at radius 2 is 1.96 bits per heavy atom. The molecule has 8 nitrogen and oxygen atoms in total. The molecule has 4 rings (SSSR count). The molecule has 1 aromatic carbocycles. The van der Waals surface area contributed by atoms with Gasteiger partial charge in [-0.05, 0) is 24.3 Å². The van der Waals surface area contributed by atoms with E-state index in [0.29, 0.717) is 28.0 Å². The Labute approximate surface area is 161 Å². The molecule has 0 aliphatic heterocycles. The van der Waals surface area contributed by atoms with Crippen LogP contribution in [0.4, 0.5) is 5.69 Å². The van der Waals surface area contributed by atoms with E-state index in [9.17, 15) is 8.42 Å². The highest BCUT2D eigenvalue weighted by Crippen LogP contribution is 2.25. The third-order valence-electron chi connectivity index (χ3n) is 4.21. The summed E-state index contributed by atoms with van der Waals surface area (Å²) in [6.07, 6.45) is 5.97. The van der Waals surface area contributed by atoms with Crippen molar-refractivity contribution in [2.24, 2.45) is 7.05 Å². The summed E-state index contributed by atoms with van der Waals surface area (Å²) in [6, 6.07) is 12.0. The topological polar surface area (TPSA) is 114 Å². The van der Waals surface area contributed by atoms with Crippen molar-refractivity contribution < 1.29 is 8.42 Å². The molecule has 0 aliphatic carbocycles. The molecule has 0 radical (unpaired) electrons. The number of aryl methyl sites for hydroxylation is 1. The summed E-state index contributed by atoms with van der Waals surface area (Å²) in [6.45, 7) is 0. The van der Waals surface area contributed by atoms with Crippen LogP contribution in [0.25, 0.3) is 22.2 Å². The van der Waals surface area contributed by atoms with Gasteiger partial charge in [-0.25, -0.2) is 8.42 Å². The van der Waals surface area contributed by atoms with Gasteiger partial charge in [0.2, 0.25) is 0 Å². The minimum Gasteiger partial charge on any atom is -0.277 e. The summed E-state index contributed by atoms with van der Waals surface area (Å²) < 4.78 is 29.8. The van der Waals surface area contributed by atoms with Crippen LogP contribution in [0.5, 0.6) is 0 Å². The first-order valence-corrected chi connectivity index (χ1v) is 9.71. The molecule has 0 amide bonds. The predicted octanol–water partition coefficient (Wildman–Crippen LogP) is 2.70. The Morgan fingerprint density at radius 3 is 2.71 bits per heavy atom. The minimum absolute atomic E-state index is 0.0276. The number of aromatic nitrogens is 4. The van der Waals surface area contributed by atoms with Crippen molar-refractivity contribution >= 4 is 26.6 Å². The molecule has 3 aromatic heterocycles. The summed E-state index contributed by atoms with van der Waals surface area (Å²) in [5.41, 5.74) is 2.69. The van der Waals surface area contributed by atoms with Crippen molar-refractivity contribution in [3.05, 3.63) is 66.7 Å². The van der Waals surface area contributed by atoms with Crippen LogP contribution in [-0.4, -0.2) is 28.2 Å². The number of para-hydroxylation sites is 1.